The monoisotopic (exact) mass is 284 g/mol. The largest absolute Gasteiger partial charge is 0.495 e. The van der Waals surface area contributed by atoms with E-state index in [9.17, 15) is 13.6 Å². The number of ether oxygens (including phenoxy) is 1. The Bertz CT molecular complexity index is 449. The first-order valence-corrected chi connectivity index (χ1v) is 5.16. The van der Waals surface area contributed by atoms with E-state index < -0.39 is 18.3 Å². The highest BCUT2D eigenvalue weighted by Crippen LogP contribution is 2.35. The highest BCUT2D eigenvalue weighted by Gasteiger charge is 2.40. The summed E-state index contributed by atoms with van der Waals surface area (Å²) in [5, 5.41) is 8.53. The normalized spacial score (nSPS) is 11.4. The third-order valence-corrected chi connectivity index (χ3v) is 2.51. The number of methoxy groups -OCH3 is 1. The maximum atomic E-state index is 13.1. The van der Waals surface area contributed by atoms with Gasteiger partial charge in [0.1, 0.15) is 5.75 Å². The predicted octanol–water partition coefficient (Wildman–Crippen LogP) is 3.26. The number of carbonyl (C=O) groups is 1. The number of benzene rings is 1. The summed E-state index contributed by atoms with van der Waals surface area (Å²) < 4.78 is 31.0. The van der Waals surface area contributed by atoms with Crippen LogP contribution < -0.4 is 4.74 Å². The Morgan fingerprint density at radius 2 is 2.06 bits per heavy atom. The van der Waals surface area contributed by atoms with Crippen molar-refractivity contribution in [1.82, 2.24) is 0 Å². The zero-order valence-corrected chi connectivity index (χ0v) is 10.1. The second-order valence-corrected chi connectivity index (χ2v) is 4.11. The predicted molar refractivity (Wildman–Crippen MR) is 59.3 cm³/mol. The zero-order valence-electron chi connectivity index (χ0n) is 8.64. The van der Waals surface area contributed by atoms with Crippen LogP contribution in [0.2, 0.25) is 10.0 Å². The van der Waals surface area contributed by atoms with E-state index in [4.69, 9.17) is 33.0 Å². The molecule has 7 heteroatoms. The van der Waals surface area contributed by atoms with Gasteiger partial charge in [-0.25, -0.2) is 4.79 Å². The molecule has 0 amide bonds. The van der Waals surface area contributed by atoms with E-state index in [2.05, 4.69) is 0 Å². The molecule has 0 aliphatic rings. The molecule has 0 radical (unpaired) electrons. The Kier molecular flexibility index (Phi) is 4.16. The molecule has 0 bridgehead atoms. The summed E-state index contributed by atoms with van der Waals surface area (Å²) in [7, 11) is 1.25. The molecule has 0 atom stereocenters. The standard InChI is InChI=1S/C10H8Cl2F2O3/c1-17-8-5(2-6(11)3-7(8)12)4-10(13,14)9(15)16/h2-3H,4H2,1H3,(H,15,16). The van der Waals surface area contributed by atoms with Crippen LogP contribution in [0.5, 0.6) is 5.75 Å². The summed E-state index contributed by atoms with van der Waals surface area (Å²) in [6.07, 6.45) is -1.04. The fraction of sp³-hybridized carbons (Fsp3) is 0.300. The van der Waals surface area contributed by atoms with Crippen LogP contribution in [0.1, 0.15) is 5.56 Å². The first-order chi connectivity index (χ1) is 7.77. The smallest absolute Gasteiger partial charge is 0.374 e. The lowest BCUT2D eigenvalue weighted by molar-refractivity contribution is -0.164. The van der Waals surface area contributed by atoms with Gasteiger partial charge in [-0.2, -0.15) is 8.78 Å². The SMILES string of the molecule is COc1c(Cl)cc(Cl)cc1CC(F)(F)C(=O)O. The second-order valence-electron chi connectivity index (χ2n) is 3.27. The topological polar surface area (TPSA) is 46.5 Å². The van der Waals surface area contributed by atoms with Crippen molar-refractivity contribution in [3.05, 3.63) is 27.7 Å². The van der Waals surface area contributed by atoms with E-state index in [1.165, 1.54) is 19.2 Å². The number of hydrogen-bond acceptors (Lipinski definition) is 2. The third kappa shape index (κ3) is 3.20. The van der Waals surface area contributed by atoms with Gasteiger partial charge in [0.05, 0.1) is 18.6 Å². The molecule has 0 aliphatic heterocycles. The Labute approximate surface area is 106 Å². The van der Waals surface area contributed by atoms with Crippen molar-refractivity contribution in [3.63, 3.8) is 0 Å². The van der Waals surface area contributed by atoms with Gasteiger partial charge in [-0.15, -0.1) is 0 Å². The molecule has 0 saturated heterocycles. The van der Waals surface area contributed by atoms with Crippen molar-refractivity contribution in [3.8, 4) is 5.75 Å². The van der Waals surface area contributed by atoms with Gasteiger partial charge in [0.2, 0.25) is 0 Å². The highest BCUT2D eigenvalue weighted by molar-refractivity contribution is 6.35. The molecule has 94 valence electrons. The van der Waals surface area contributed by atoms with E-state index in [0.29, 0.717) is 0 Å². The summed E-state index contributed by atoms with van der Waals surface area (Å²) in [4.78, 5) is 10.3. The Hall–Kier alpha value is -1.07. The molecule has 0 heterocycles. The van der Waals surface area contributed by atoms with Crippen molar-refractivity contribution in [2.45, 2.75) is 12.3 Å². The number of carboxylic acid groups (broad SMARTS) is 1. The average molecular weight is 285 g/mol. The van der Waals surface area contributed by atoms with Crippen LogP contribution in [0.3, 0.4) is 0 Å². The van der Waals surface area contributed by atoms with Gasteiger partial charge >= 0.3 is 11.9 Å². The molecule has 0 saturated carbocycles. The van der Waals surface area contributed by atoms with E-state index in [-0.39, 0.29) is 21.4 Å². The van der Waals surface area contributed by atoms with Gasteiger partial charge in [0, 0.05) is 10.6 Å². The van der Waals surface area contributed by atoms with Crippen LogP contribution in [-0.4, -0.2) is 24.1 Å². The molecule has 0 spiro atoms. The van der Waals surface area contributed by atoms with Crippen LogP contribution in [0, 0.1) is 0 Å². The molecular weight excluding hydrogens is 277 g/mol. The quantitative estimate of drug-likeness (QED) is 0.923. The van der Waals surface area contributed by atoms with E-state index >= 15 is 0 Å². The van der Waals surface area contributed by atoms with Crippen LogP contribution in [0.4, 0.5) is 8.78 Å². The van der Waals surface area contributed by atoms with Crippen LogP contribution in [0.25, 0.3) is 0 Å². The fourth-order valence-electron chi connectivity index (χ4n) is 1.29. The van der Waals surface area contributed by atoms with Crippen molar-refractivity contribution < 1.29 is 23.4 Å². The van der Waals surface area contributed by atoms with Gasteiger partial charge in [-0.1, -0.05) is 23.2 Å². The number of carboxylic acids is 1. The molecule has 3 nitrogen and oxygen atoms in total. The zero-order chi connectivity index (χ0) is 13.2. The maximum Gasteiger partial charge on any atom is 0.374 e. The van der Waals surface area contributed by atoms with E-state index in [1.807, 2.05) is 0 Å². The first-order valence-electron chi connectivity index (χ1n) is 4.41. The van der Waals surface area contributed by atoms with Crippen LogP contribution in [-0.2, 0) is 11.2 Å². The van der Waals surface area contributed by atoms with Crippen LogP contribution >= 0.6 is 23.2 Å². The summed E-state index contributed by atoms with van der Waals surface area (Å²) in [5.74, 6) is -6.12. The Morgan fingerprint density at radius 1 is 1.47 bits per heavy atom. The minimum Gasteiger partial charge on any atom is -0.495 e. The number of rotatable bonds is 4. The molecule has 17 heavy (non-hydrogen) atoms. The average Bonchev–Trinajstić information content (AvgIpc) is 2.15. The minimum atomic E-state index is -3.90. The molecular formula is C10H8Cl2F2O3. The summed E-state index contributed by atoms with van der Waals surface area (Å²) in [5.41, 5.74) is -0.0580. The molecule has 0 aromatic heterocycles. The van der Waals surface area contributed by atoms with E-state index in [1.54, 1.807) is 0 Å². The molecule has 0 fully saturated rings. The molecule has 1 aromatic carbocycles. The van der Waals surface area contributed by atoms with Gasteiger partial charge in [-0.05, 0) is 12.1 Å². The molecule has 0 unspecified atom stereocenters. The summed E-state index contributed by atoms with van der Waals surface area (Å²) >= 11 is 11.4. The first kappa shape index (κ1) is 14.0. The Morgan fingerprint density at radius 3 is 2.53 bits per heavy atom. The summed E-state index contributed by atoms with van der Waals surface area (Å²) in [6, 6.07) is 2.52. The lowest BCUT2D eigenvalue weighted by Gasteiger charge is -2.15. The molecule has 1 aromatic rings. The van der Waals surface area contributed by atoms with Crippen LogP contribution in [0.15, 0.2) is 12.1 Å². The van der Waals surface area contributed by atoms with Gasteiger partial charge in [0.25, 0.3) is 0 Å². The van der Waals surface area contributed by atoms with Crippen molar-refractivity contribution in [1.29, 1.82) is 0 Å². The third-order valence-electron chi connectivity index (χ3n) is 2.01. The molecule has 0 aliphatic carbocycles. The highest BCUT2D eigenvalue weighted by atomic mass is 35.5. The minimum absolute atomic E-state index is 0.00279. The van der Waals surface area contributed by atoms with Gasteiger partial charge in [-0.3, -0.25) is 0 Å². The van der Waals surface area contributed by atoms with Gasteiger partial charge in [0.15, 0.2) is 0 Å². The van der Waals surface area contributed by atoms with E-state index in [0.717, 1.165) is 0 Å². The number of aliphatic carboxylic acids is 1. The lowest BCUT2D eigenvalue weighted by atomic mass is 10.1. The maximum absolute atomic E-state index is 13.1. The number of alkyl halides is 2. The second kappa shape index (κ2) is 5.06. The molecule has 1 N–H and O–H groups in total. The lowest BCUT2D eigenvalue weighted by Crippen LogP contribution is -2.30. The number of halogens is 4. The van der Waals surface area contributed by atoms with Crippen molar-refractivity contribution >= 4 is 29.2 Å². The fourth-order valence-corrected chi connectivity index (χ4v) is 1.90. The number of hydrogen-bond donors (Lipinski definition) is 1. The Balaban J connectivity index is 3.18. The summed E-state index contributed by atoms with van der Waals surface area (Å²) in [6.45, 7) is 0. The van der Waals surface area contributed by atoms with Crippen molar-refractivity contribution in [2.24, 2.45) is 0 Å². The van der Waals surface area contributed by atoms with Crippen molar-refractivity contribution in [2.75, 3.05) is 7.11 Å². The van der Waals surface area contributed by atoms with Gasteiger partial charge < -0.3 is 9.84 Å². The molecule has 1 rings (SSSR count).